The third-order valence-corrected chi connectivity index (χ3v) is 3.15. The minimum Gasteiger partial charge on any atom is -0.225 e. The van der Waals surface area contributed by atoms with E-state index in [0.29, 0.717) is 0 Å². The number of hydrogen-bond donors (Lipinski definition) is 0. The highest BCUT2D eigenvalue weighted by Gasteiger charge is 2.02. The Morgan fingerprint density at radius 3 is 2.08 bits per heavy atom. The van der Waals surface area contributed by atoms with Crippen molar-refractivity contribution in [3.8, 4) is 0 Å². The topological polar surface area (TPSA) is 38.7 Å². The summed E-state index contributed by atoms with van der Waals surface area (Å²) in [5.41, 5.74) is 5.22. The first-order valence-corrected chi connectivity index (χ1v) is 5.13. The molecule has 58 valence electrons. The molecule has 12 heavy (non-hydrogen) atoms. The third kappa shape index (κ3) is 0.774. The van der Waals surface area contributed by atoms with Gasteiger partial charge in [0.15, 0.2) is 11.3 Å². The third-order valence-electron chi connectivity index (χ3n) is 1.62. The van der Waals surface area contributed by atoms with Gasteiger partial charge in [0.1, 0.15) is 0 Å². The Kier molecular flexibility index (Phi) is 1.19. The molecule has 0 amide bonds. The number of nitrogens with zero attached hydrogens (tertiary/aromatic N) is 3. The van der Waals surface area contributed by atoms with Gasteiger partial charge in [0.2, 0.25) is 0 Å². The van der Waals surface area contributed by atoms with E-state index < -0.39 is 0 Å². The highest BCUT2D eigenvalue weighted by molar-refractivity contribution is 7.18. The molecule has 3 aromatic heterocycles. The summed E-state index contributed by atoms with van der Waals surface area (Å²) >= 11 is 3.22. The van der Waals surface area contributed by atoms with E-state index in [2.05, 4.69) is 21.0 Å². The first-order valence-electron chi connectivity index (χ1n) is 3.37. The monoisotopic (exact) mass is 193 g/mol. The molecule has 3 rings (SSSR count). The molecule has 0 atom stereocenters. The van der Waals surface area contributed by atoms with Crippen LogP contribution < -0.4 is 0 Å². The molecule has 0 fully saturated rings. The minimum absolute atomic E-state index is 0.804. The first-order chi connectivity index (χ1) is 5.93. The van der Waals surface area contributed by atoms with Crippen LogP contribution in [0.1, 0.15) is 0 Å². The lowest BCUT2D eigenvalue weighted by atomic mass is 10.4. The summed E-state index contributed by atoms with van der Waals surface area (Å²) in [6.07, 6.45) is 0. The minimum atomic E-state index is 0.804. The average molecular weight is 193 g/mol. The maximum Gasteiger partial charge on any atom is 0.172 e. The summed E-state index contributed by atoms with van der Waals surface area (Å²) in [4.78, 5) is 12.5. The Morgan fingerprint density at radius 1 is 0.917 bits per heavy atom. The van der Waals surface area contributed by atoms with Gasteiger partial charge in [-0.1, -0.05) is 0 Å². The second kappa shape index (κ2) is 2.21. The van der Waals surface area contributed by atoms with Gasteiger partial charge in [0, 0.05) is 0 Å². The molecular formula is C7H3N3S2. The fraction of sp³-hybridized carbons (Fsp3) is 0. The molecular weight excluding hydrogens is 190 g/mol. The van der Waals surface area contributed by atoms with Crippen LogP contribution in [-0.2, 0) is 0 Å². The summed E-state index contributed by atoms with van der Waals surface area (Å²) in [5.74, 6) is 0. The van der Waals surface area contributed by atoms with Crippen LogP contribution in [0, 0.1) is 0 Å². The molecule has 0 aliphatic rings. The van der Waals surface area contributed by atoms with Crippen LogP contribution >= 0.6 is 22.7 Å². The molecule has 3 aromatic rings. The standard InChI is InChI=1S/C7H3N3S2/c1-4-6(8-2-11-4)10-7-5(1)12-3-9-7/h1-3H. The van der Waals surface area contributed by atoms with Gasteiger partial charge in [-0.15, -0.1) is 22.7 Å². The molecule has 0 aliphatic heterocycles. The molecule has 0 saturated heterocycles. The van der Waals surface area contributed by atoms with Gasteiger partial charge in [-0.3, -0.25) is 0 Å². The maximum absolute atomic E-state index is 4.30. The molecule has 0 unspecified atom stereocenters. The lowest BCUT2D eigenvalue weighted by Crippen LogP contribution is -1.76. The van der Waals surface area contributed by atoms with Gasteiger partial charge in [-0.25, -0.2) is 15.0 Å². The van der Waals surface area contributed by atoms with E-state index in [9.17, 15) is 0 Å². The number of aromatic nitrogens is 3. The molecule has 3 heterocycles. The molecule has 0 radical (unpaired) electrons. The lowest BCUT2D eigenvalue weighted by Gasteiger charge is -1.86. The van der Waals surface area contributed by atoms with Crippen molar-refractivity contribution >= 4 is 43.4 Å². The summed E-state index contributed by atoms with van der Waals surface area (Å²) in [6.45, 7) is 0. The van der Waals surface area contributed by atoms with Crippen LogP contribution in [0.5, 0.6) is 0 Å². The molecule has 5 heteroatoms. The molecule has 0 aliphatic carbocycles. The van der Waals surface area contributed by atoms with Crippen molar-refractivity contribution in [2.75, 3.05) is 0 Å². The Bertz CT molecular complexity index is 449. The normalized spacial score (nSPS) is 11.3. The van der Waals surface area contributed by atoms with E-state index >= 15 is 0 Å². The van der Waals surface area contributed by atoms with Crippen molar-refractivity contribution < 1.29 is 0 Å². The average Bonchev–Trinajstić information content (AvgIpc) is 2.64. The second-order valence-corrected chi connectivity index (χ2v) is 4.11. The van der Waals surface area contributed by atoms with Gasteiger partial charge < -0.3 is 0 Å². The largest absolute Gasteiger partial charge is 0.225 e. The zero-order chi connectivity index (χ0) is 7.97. The first kappa shape index (κ1) is 6.45. The molecule has 3 nitrogen and oxygen atoms in total. The molecule has 0 saturated carbocycles. The van der Waals surface area contributed by atoms with Crippen molar-refractivity contribution in [1.29, 1.82) is 0 Å². The second-order valence-electron chi connectivity index (χ2n) is 2.34. The molecule has 0 aromatic carbocycles. The van der Waals surface area contributed by atoms with Gasteiger partial charge in [-0.2, -0.15) is 0 Å². The highest BCUT2D eigenvalue weighted by Crippen LogP contribution is 2.23. The van der Waals surface area contributed by atoms with Crippen molar-refractivity contribution in [3.63, 3.8) is 0 Å². The Labute approximate surface area is 75.7 Å². The van der Waals surface area contributed by atoms with Crippen LogP contribution in [0.3, 0.4) is 0 Å². The molecule has 0 N–H and O–H groups in total. The fourth-order valence-electron chi connectivity index (χ4n) is 1.08. The van der Waals surface area contributed by atoms with E-state index in [1.165, 1.54) is 0 Å². The number of fused-ring (bicyclic) bond motifs is 2. The summed E-state index contributed by atoms with van der Waals surface area (Å²) in [7, 11) is 0. The van der Waals surface area contributed by atoms with Crippen LogP contribution in [0.2, 0.25) is 0 Å². The van der Waals surface area contributed by atoms with E-state index in [1.807, 2.05) is 0 Å². The number of pyridine rings is 1. The van der Waals surface area contributed by atoms with Gasteiger partial charge in [-0.05, 0) is 6.07 Å². The molecule has 0 bridgehead atoms. The predicted octanol–water partition coefficient (Wildman–Crippen LogP) is 2.30. The van der Waals surface area contributed by atoms with Gasteiger partial charge >= 0.3 is 0 Å². The fourth-order valence-corrected chi connectivity index (χ4v) is 2.47. The number of hydrogen-bond acceptors (Lipinski definition) is 5. The zero-order valence-corrected chi connectivity index (χ0v) is 7.52. The summed E-state index contributed by atoms with van der Waals surface area (Å²) < 4.78 is 2.26. The van der Waals surface area contributed by atoms with Crippen LogP contribution in [0.25, 0.3) is 20.7 Å². The highest BCUT2D eigenvalue weighted by atomic mass is 32.1. The van der Waals surface area contributed by atoms with Crippen molar-refractivity contribution in [2.45, 2.75) is 0 Å². The zero-order valence-electron chi connectivity index (χ0n) is 5.89. The van der Waals surface area contributed by atoms with E-state index in [-0.39, 0.29) is 0 Å². The van der Waals surface area contributed by atoms with E-state index in [0.717, 1.165) is 20.7 Å². The summed E-state index contributed by atoms with van der Waals surface area (Å²) in [5, 5.41) is 0. The smallest absolute Gasteiger partial charge is 0.172 e. The number of thiazole rings is 2. The predicted molar refractivity (Wildman–Crippen MR) is 50.6 cm³/mol. The quantitative estimate of drug-likeness (QED) is 0.550. The van der Waals surface area contributed by atoms with E-state index in [1.54, 1.807) is 33.7 Å². The molecule has 0 spiro atoms. The lowest BCUT2D eigenvalue weighted by molar-refractivity contribution is 1.32. The Hall–Kier alpha value is -1.07. The Balaban J connectivity index is 2.62. The van der Waals surface area contributed by atoms with Gasteiger partial charge in [0.05, 0.1) is 20.4 Å². The van der Waals surface area contributed by atoms with Crippen LogP contribution in [0.4, 0.5) is 0 Å². The van der Waals surface area contributed by atoms with Crippen molar-refractivity contribution in [1.82, 2.24) is 15.0 Å². The summed E-state index contributed by atoms with van der Waals surface area (Å²) in [6, 6.07) is 2.09. The SMILES string of the molecule is c1nc2nc3ncsc3cc2s1. The van der Waals surface area contributed by atoms with Gasteiger partial charge in [0.25, 0.3) is 0 Å². The maximum atomic E-state index is 4.30. The van der Waals surface area contributed by atoms with Crippen LogP contribution in [0.15, 0.2) is 17.1 Å². The Morgan fingerprint density at radius 2 is 1.50 bits per heavy atom. The van der Waals surface area contributed by atoms with Crippen LogP contribution in [-0.4, -0.2) is 15.0 Å². The number of rotatable bonds is 0. The van der Waals surface area contributed by atoms with E-state index in [4.69, 9.17) is 0 Å². The van der Waals surface area contributed by atoms with Crippen molar-refractivity contribution in [2.24, 2.45) is 0 Å². The van der Waals surface area contributed by atoms with Crippen molar-refractivity contribution in [3.05, 3.63) is 17.1 Å².